The fourth-order valence-electron chi connectivity index (χ4n) is 4.77. The smallest absolute Gasteiger partial charge is 0.0787 e. The van der Waals surface area contributed by atoms with Crippen molar-refractivity contribution in [3.8, 4) is 0 Å². The normalized spacial score (nSPS) is 11.6. The Bertz CT molecular complexity index is 807. The maximum Gasteiger partial charge on any atom is 0.0787 e. The first kappa shape index (κ1) is 25.9. The van der Waals surface area contributed by atoms with Crippen LogP contribution in [-0.4, -0.2) is 36.8 Å². The molecule has 0 aliphatic heterocycles. The summed E-state index contributed by atoms with van der Waals surface area (Å²) in [6.45, 7) is 23.0. The van der Waals surface area contributed by atoms with Crippen LogP contribution in [0.4, 0.5) is 0 Å². The van der Waals surface area contributed by atoms with Gasteiger partial charge in [-0.15, -0.1) is 0 Å². The molecule has 3 rings (SSSR count). The molecule has 0 amide bonds. The van der Waals surface area contributed by atoms with Crippen LogP contribution in [0.25, 0.3) is 0 Å². The summed E-state index contributed by atoms with van der Waals surface area (Å²) in [4.78, 5) is 0. The van der Waals surface area contributed by atoms with Crippen molar-refractivity contribution in [1.82, 2.24) is 0 Å². The van der Waals surface area contributed by atoms with Crippen molar-refractivity contribution in [1.29, 1.82) is 0 Å². The highest BCUT2D eigenvalue weighted by molar-refractivity contribution is 7.10. The van der Waals surface area contributed by atoms with Gasteiger partial charge in [0.1, 0.15) is 0 Å². The van der Waals surface area contributed by atoms with Gasteiger partial charge >= 0.3 is 0 Å². The lowest BCUT2D eigenvalue weighted by molar-refractivity contribution is -0.921. The monoisotopic (exact) mass is 429 g/mol. The molecule has 0 radical (unpaired) electrons. The summed E-state index contributed by atoms with van der Waals surface area (Å²) in [5.41, 5.74) is 8.09. The number of rotatable bonds is 7. The maximum atomic E-state index is 2.39. The Kier molecular flexibility index (Phi) is 9.34. The van der Waals surface area contributed by atoms with Gasteiger partial charge in [0.2, 0.25) is 0 Å². The zero-order valence-electron chi connectivity index (χ0n) is 21.8. The molecule has 0 aliphatic rings. The molecule has 0 aromatic heterocycles. The maximum absolute atomic E-state index is 2.39. The quantitative estimate of drug-likeness (QED) is 0.339. The van der Waals surface area contributed by atoms with Gasteiger partial charge in [-0.3, -0.25) is 0 Å². The Morgan fingerprint density at radius 1 is 0.469 bits per heavy atom. The van der Waals surface area contributed by atoms with E-state index in [1.165, 1.54) is 63.7 Å². The molecule has 1 nitrogen and oxygen atoms in total. The average molecular weight is 430 g/mol. The number of benzene rings is 3. The van der Waals surface area contributed by atoms with Crippen LogP contribution >= 0.6 is 0 Å². The van der Waals surface area contributed by atoms with Gasteiger partial charge in [0.05, 0.1) is 32.3 Å². The molecule has 0 atom stereocenters. The Morgan fingerprint density at radius 3 is 0.844 bits per heavy atom. The third-order valence-corrected chi connectivity index (χ3v) is 7.92. The minimum Gasteiger partial charge on any atom is -0.325 e. The molecule has 0 unspecified atom stereocenters. The van der Waals surface area contributed by atoms with Crippen molar-refractivity contribution in [2.75, 3.05) is 26.2 Å². The second-order valence-electron chi connectivity index (χ2n) is 9.64. The van der Waals surface area contributed by atoms with Crippen LogP contribution in [0.15, 0.2) is 72.8 Å². The van der Waals surface area contributed by atoms with E-state index in [1.54, 1.807) is 0 Å². The van der Waals surface area contributed by atoms with E-state index in [0.29, 0.717) is 0 Å². The number of hydrogen-bond acceptors (Lipinski definition) is 0. The van der Waals surface area contributed by atoms with Crippen LogP contribution in [0.2, 0.25) is 6.82 Å². The van der Waals surface area contributed by atoms with E-state index in [4.69, 9.17) is 0 Å². The highest BCUT2D eigenvalue weighted by atomic mass is 15.3. The molecule has 0 spiro atoms. The summed E-state index contributed by atoms with van der Waals surface area (Å²) >= 11 is 0. The van der Waals surface area contributed by atoms with Gasteiger partial charge in [0.25, 0.3) is 0 Å². The summed E-state index contributed by atoms with van der Waals surface area (Å²) < 4.78 is 1.28. The molecule has 0 N–H and O–H groups in total. The zero-order chi connectivity index (χ0) is 23.8. The third-order valence-electron chi connectivity index (χ3n) is 7.92. The largest absolute Gasteiger partial charge is 0.325 e. The predicted octanol–water partition coefficient (Wildman–Crippen LogP) is 5.59. The van der Waals surface area contributed by atoms with Crippen LogP contribution in [-0.2, 0) is 0 Å². The van der Waals surface area contributed by atoms with E-state index in [0.717, 1.165) is 0 Å². The van der Waals surface area contributed by atoms with Crippen molar-refractivity contribution in [3.05, 3.63) is 89.5 Å². The van der Waals surface area contributed by atoms with E-state index < -0.39 is 6.15 Å². The summed E-state index contributed by atoms with van der Waals surface area (Å²) in [5, 5.41) is 0. The molecule has 0 saturated heterocycles. The van der Waals surface area contributed by atoms with Crippen molar-refractivity contribution in [2.24, 2.45) is 0 Å². The van der Waals surface area contributed by atoms with E-state index >= 15 is 0 Å². The fourth-order valence-corrected chi connectivity index (χ4v) is 4.77. The van der Waals surface area contributed by atoms with Gasteiger partial charge in [0.15, 0.2) is 0 Å². The third kappa shape index (κ3) is 5.92. The second-order valence-corrected chi connectivity index (χ2v) is 9.64. The highest BCUT2D eigenvalue weighted by Crippen LogP contribution is 2.10. The van der Waals surface area contributed by atoms with Crippen molar-refractivity contribution in [3.63, 3.8) is 0 Å². The standard InChI is InChI=1S/C22H24B.C8H20N/c1-17-5-11-20(12-6-17)23(4,21-13-7-18(2)8-14-21)22-15-9-19(3)10-16-22;1-5-9(6-2,7-3)8-4/h5-16H,1-4H3;5-8H2,1-4H3/q-1;+1. The van der Waals surface area contributed by atoms with Crippen molar-refractivity contribution >= 4 is 22.5 Å². The van der Waals surface area contributed by atoms with E-state index in [2.05, 4.69) is 128 Å². The molecule has 0 heterocycles. The molecule has 172 valence electrons. The Morgan fingerprint density at radius 2 is 0.688 bits per heavy atom. The van der Waals surface area contributed by atoms with Crippen LogP contribution < -0.4 is 16.4 Å². The van der Waals surface area contributed by atoms with Crippen LogP contribution in [0.3, 0.4) is 0 Å². The summed E-state index contributed by atoms with van der Waals surface area (Å²) in [6.07, 6.45) is -0.955. The molecular formula is C30H44BN. The predicted molar refractivity (Wildman–Crippen MR) is 146 cm³/mol. The molecule has 2 heteroatoms. The van der Waals surface area contributed by atoms with E-state index in [-0.39, 0.29) is 0 Å². The van der Waals surface area contributed by atoms with Crippen LogP contribution in [0.5, 0.6) is 0 Å². The van der Waals surface area contributed by atoms with E-state index in [9.17, 15) is 0 Å². The van der Waals surface area contributed by atoms with Crippen molar-refractivity contribution in [2.45, 2.75) is 55.3 Å². The summed E-state index contributed by atoms with van der Waals surface area (Å²) in [6, 6.07) is 27.0. The minimum atomic E-state index is -0.955. The Hall–Kier alpha value is -2.32. The number of aryl methyl sites for hydroxylation is 3. The van der Waals surface area contributed by atoms with Crippen LogP contribution in [0.1, 0.15) is 44.4 Å². The first-order chi connectivity index (χ1) is 15.2. The molecular weight excluding hydrogens is 385 g/mol. The SMILES string of the molecule is CC[N+](CC)(CC)CC.Cc1ccc([B-](C)(c2ccc(C)cc2)c2ccc(C)cc2)cc1. The van der Waals surface area contributed by atoms with E-state index in [1.807, 2.05) is 0 Å². The fraction of sp³-hybridized carbons (Fsp3) is 0.400. The Labute approximate surface area is 198 Å². The Balaban J connectivity index is 0.000000344. The molecule has 0 aliphatic carbocycles. The molecule has 0 fully saturated rings. The second kappa shape index (κ2) is 11.5. The topological polar surface area (TPSA) is 0 Å². The van der Waals surface area contributed by atoms with Gasteiger partial charge in [-0.05, 0) is 48.5 Å². The molecule has 0 bridgehead atoms. The number of quaternary nitrogens is 1. The van der Waals surface area contributed by atoms with Crippen LogP contribution in [0, 0.1) is 20.8 Å². The average Bonchev–Trinajstić information content (AvgIpc) is 2.82. The van der Waals surface area contributed by atoms with Gasteiger partial charge in [-0.1, -0.05) is 89.5 Å². The first-order valence-electron chi connectivity index (χ1n) is 12.5. The van der Waals surface area contributed by atoms with Crippen molar-refractivity contribution < 1.29 is 4.48 Å². The molecule has 32 heavy (non-hydrogen) atoms. The van der Waals surface area contributed by atoms with Gasteiger partial charge in [0, 0.05) is 0 Å². The lowest BCUT2D eigenvalue weighted by Gasteiger charge is -2.39. The molecule has 3 aromatic carbocycles. The molecule has 3 aromatic rings. The minimum absolute atomic E-state index is 0.955. The number of nitrogens with zero attached hydrogens (tertiary/aromatic N) is 1. The summed E-state index contributed by atoms with van der Waals surface area (Å²) in [5.74, 6) is 0. The van der Waals surface area contributed by atoms with Gasteiger partial charge < -0.3 is 4.48 Å². The first-order valence-corrected chi connectivity index (χ1v) is 12.5. The summed E-state index contributed by atoms with van der Waals surface area (Å²) in [7, 11) is 0. The van der Waals surface area contributed by atoms with Gasteiger partial charge in [-0.25, -0.2) is 16.4 Å². The highest BCUT2D eigenvalue weighted by Gasteiger charge is 2.24. The lowest BCUT2D eigenvalue weighted by atomic mass is 9.17. The molecule has 0 saturated carbocycles. The zero-order valence-corrected chi connectivity index (χ0v) is 21.8. The lowest BCUT2D eigenvalue weighted by Crippen LogP contribution is -2.64. The van der Waals surface area contributed by atoms with Gasteiger partial charge in [-0.2, -0.15) is 6.82 Å². The number of hydrogen-bond donors (Lipinski definition) is 0.